The molecule has 230 valence electrons. The molecule has 7 nitrogen and oxygen atoms in total. The Hall–Kier alpha value is -2.55. The highest BCUT2D eigenvalue weighted by molar-refractivity contribution is 7.90. The number of rotatable bonds is 1. The highest BCUT2D eigenvalue weighted by Gasteiger charge is 2.54. The van der Waals surface area contributed by atoms with Crippen molar-refractivity contribution in [3.8, 4) is 5.75 Å². The quantitative estimate of drug-likeness (QED) is 0.388. The van der Waals surface area contributed by atoms with E-state index >= 15 is 0 Å². The fraction of sp³-hybridized carbons (Fsp3) is 0.559. The number of hydrogen-bond acceptors (Lipinski definition) is 6. The maximum Gasteiger partial charge on any atom is 0.264 e. The molecule has 0 unspecified atom stereocenters. The van der Waals surface area contributed by atoms with Crippen molar-refractivity contribution in [3.63, 3.8) is 0 Å². The van der Waals surface area contributed by atoms with Gasteiger partial charge in [0.05, 0.1) is 23.6 Å². The zero-order valence-electron chi connectivity index (χ0n) is 25.1. The molecule has 1 N–H and O–H groups in total. The van der Waals surface area contributed by atoms with Crippen molar-refractivity contribution in [1.29, 1.82) is 0 Å². The predicted octanol–water partition coefficient (Wildman–Crippen LogP) is 6.07. The average molecular weight is 625 g/mol. The van der Waals surface area contributed by atoms with Crippen LogP contribution in [0.5, 0.6) is 5.75 Å². The lowest BCUT2D eigenvalue weighted by Crippen LogP contribution is -2.49. The predicted molar refractivity (Wildman–Crippen MR) is 169 cm³/mol. The average Bonchev–Trinajstić information content (AvgIpc) is 3.76. The monoisotopic (exact) mass is 624 g/mol. The summed E-state index contributed by atoms with van der Waals surface area (Å²) < 4.78 is 41.5. The van der Waals surface area contributed by atoms with Crippen LogP contribution in [0.4, 0.5) is 5.69 Å². The van der Waals surface area contributed by atoms with Gasteiger partial charge in [0.25, 0.3) is 5.91 Å². The van der Waals surface area contributed by atoms with Crippen LogP contribution in [0.3, 0.4) is 0 Å². The summed E-state index contributed by atoms with van der Waals surface area (Å²) in [5.41, 5.74) is 3.63. The molecule has 2 heterocycles. The Bertz CT molecular complexity index is 1580. The first-order valence-corrected chi connectivity index (χ1v) is 17.6. The minimum absolute atomic E-state index is 0.0294. The normalized spacial score (nSPS) is 37.0. The van der Waals surface area contributed by atoms with E-state index in [-0.39, 0.29) is 17.4 Å². The van der Waals surface area contributed by atoms with Crippen LogP contribution in [-0.4, -0.2) is 52.5 Å². The lowest BCUT2D eigenvalue weighted by molar-refractivity contribution is 0.0131. The summed E-state index contributed by atoms with van der Waals surface area (Å²) >= 11 is 6.49. The van der Waals surface area contributed by atoms with Gasteiger partial charge in [-0.05, 0) is 110 Å². The summed E-state index contributed by atoms with van der Waals surface area (Å²) in [7, 11) is -2.12. The highest BCUT2D eigenvalue weighted by Crippen LogP contribution is 2.61. The Morgan fingerprint density at radius 1 is 1.12 bits per heavy atom. The lowest BCUT2D eigenvalue weighted by Gasteiger charge is -2.46. The van der Waals surface area contributed by atoms with Gasteiger partial charge in [0, 0.05) is 36.2 Å². The molecule has 0 radical (unpaired) electrons. The molecule has 2 bridgehead atoms. The van der Waals surface area contributed by atoms with Gasteiger partial charge in [0.2, 0.25) is 10.0 Å². The second kappa shape index (κ2) is 10.8. The molecular formula is C34H41ClN2O5S. The van der Waals surface area contributed by atoms with Gasteiger partial charge in [-0.15, -0.1) is 0 Å². The summed E-state index contributed by atoms with van der Waals surface area (Å²) in [6, 6.07) is 11.7. The van der Waals surface area contributed by atoms with Gasteiger partial charge >= 0.3 is 0 Å². The number of hydrogen-bond donors (Lipinski definition) is 1. The number of ether oxygens (including phenoxy) is 2. The number of amides is 1. The van der Waals surface area contributed by atoms with Crippen molar-refractivity contribution >= 4 is 33.2 Å². The Morgan fingerprint density at radius 3 is 2.72 bits per heavy atom. The number of halogens is 1. The van der Waals surface area contributed by atoms with Crippen LogP contribution < -0.4 is 14.4 Å². The van der Waals surface area contributed by atoms with Crippen LogP contribution in [0, 0.1) is 23.7 Å². The van der Waals surface area contributed by atoms with Gasteiger partial charge in [0.15, 0.2) is 0 Å². The number of allylic oxidation sites excluding steroid dienone is 1. The Kier molecular flexibility index (Phi) is 7.34. The zero-order chi connectivity index (χ0) is 30.1. The number of nitrogens with zero attached hydrogens (tertiary/aromatic N) is 1. The molecule has 2 fully saturated rings. The Balaban J connectivity index is 1.31. The van der Waals surface area contributed by atoms with E-state index in [1.807, 2.05) is 25.1 Å². The summed E-state index contributed by atoms with van der Waals surface area (Å²) in [6.45, 7) is 5.68. The minimum Gasteiger partial charge on any atom is -0.490 e. The standard InChI is InChI=1S/C34H41ClN2O5S/c1-20-5-4-6-31(41-3)26-10-7-23(26)17-37-18-34(16-24-13-27(24)28-15-25(35)9-11-29(28)34)19-42-32-12-8-22(14-30(32)37)33(38)36-43(39,40)21(20)2/h4,6,8-9,11-12,14-15,20-21,23-24,26-27,31H,5,7,10,13,16-19H2,1-3H3,(H,36,38)/b6-4+/t20-,21+,23-,24-,26+,27-,31-,34-/m0/s1. The van der Waals surface area contributed by atoms with Crippen LogP contribution >= 0.6 is 11.6 Å². The van der Waals surface area contributed by atoms with Crippen molar-refractivity contribution in [2.45, 2.75) is 68.6 Å². The van der Waals surface area contributed by atoms with E-state index in [4.69, 9.17) is 21.1 Å². The molecule has 43 heavy (non-hydrogen) atoms. The molecule has 7 rings (SSSR count). The molecule has 0 saturated heterocycles. The minimum atomic E-state index is -3.89. The SMILES string of the molecule is CO[C@H]1/C=C/C[C@H](C)[C@@H](C)S(=O)(=O)NC(=O)c2ccc3c(c2)N(C[C@@H]2CC[C@H]21)C[C@]1(CO3)C[C@@H]2C[C@@H]2c2cc(Cl)ccc21. The Morgan fingerprint density at radius 2 is 1.95 bits per heavy atom. The molecule has 9 heteroatoms. The molecule has 5 aliphatic rings. The molecule has 2 aromatic rings. The molecule has 3 aliphatic carbocycles. The first-order valence-electron chi connectivity index (χ1n) is 15.7. The van der Waals surface area contributed by atoms with Gasteiger partial charge in [0.1, 0.15) is 5.75 Å². The number of carbonyl (C=O) groups excluding carboxylic acids is 1. The summed E-state index contributed by atoms with van der Waals surface area (Å²) in [4.78, 5) is 15.8. The van der Waals surface area contributed by atoms with Crippen LogP contribution in [0.15, 0.2) is 48.6 Å². The van der Waals surface area contributed by atoms with Gasteiger partial charge in [-0.25, -0.2) is 13.1 Å². The first-order chi connectivity index (χ1) is 20.6. The van der Waals surface area contributed by atoms with Gasteiger partial charge in [-0.3, -0.25) is 4.79 Å². The topological polar surface area (TPSA) is 84.9 Å². The smallest absolute Gasteiger partial charge is 0.264 e. The van der Waals surface area contributed by atoms with Gasteiger partial charge in [-0.2, -0.15) is 0 Å². The Labute approximate surface area is 260 Å². The first kappa shape index (κ1) is 29.2. The number of sulfonamides is 1. The third kappa shape index (κ3) is 5.17. The molecule has 8 atom stereocenters. The second-order valence-corrected chi connectivity index (χ2v) is 16.2. The summed E-state index contributed by atoms with van der Waals surface area (Å²) in [5, 5.41) is 0.0349. The van der Waals surface area contributed by atoms with Gasteiger partial charge < -0.3 is 14.4 Å². The second-order valence-electron chi connectivity index (χ2n) is 13.7. The maximum atomic E-state index is 13.4. The van der Waals surface area contributed by atoms with E-state index < -0.39 is 21.2 Å². The van der Waals surface area contributed by atoms with Crippen LogP contribution in [0.2, 0.25) is 5.02 Å². The molecule has 0 aromatic heterocycles. The zero-order valence-corrected chi connectivity index (χ0v) is 26.7. The fourth-order valence-corrected chi connectivity index (χ4v) is 9.58. The fourth-order valence-electron chi connectivity index (χ4n) is 8.12. The number of carbonyl (C=O) groups is 1. The highest BCUT2D eigenvalue weighted by atomic mass is 35.5. The largest absolute Gasteiger partial charge is 0.490 e. The van der Waals surface area contributed by atoms with E-state index in [1.54, 1.807) is 20.1 Å². The van der Waals surface area contributed by atoms with Gasteiger partial charge in [-0.1, -0.05) is 36.7 Å². The number of anilines is 1. The third-order valence-electron chi connectivity index (χ3n) is 11.1. The third-order valence-corrected chi connectivity index (χ3v) is 13.3. The van der Waals surface area contributed by atoms with Crippen molar-refractivity contribution in [3.05, 3.63) is 70.3 Å². The van der Waals surface area contributed by atoms with Crippen LogP contribution in [0.1, 0.15) is 73.4 Å². The number of benzene rings is 2. The molecule has 1 spiro atoms. The van der Waals surface area contributed by atoms with Crippen molar-refractivity contribution in [2.24, 2.45) is 23.7 Å². The summed E-state index contributed by atoms with van der Waals surface area (Å²) in [6.07, 6.45) is 9.16. The van der Waals surface area contributed by atoms with E-state index in [9.17, 15) is 13.2 Å². The van der Waals surface area contributed by atoms with E-state index in [1.165, 1.54) is 17.5 Å². The number of nitrogens with one attached hydrogen (secondary N) is 1. The van der Waals surface area contributed by atoms with E-state index in [0.717, 1.165) is 48.8 Å². The van der Waals surface area contributed by atoms with Crippen LogP contribution in [-0.2, 0) is 20.2 Å². The molecule has 2 saturated carbocycles. The maximum absolute atomic E-state index is 13.4. The number of fused-ring (bicyclic) bond motifs is 6. The van der Waals surface area contributed by atoms with E-state index in [2.05, 4.69) is 33.9 Å². The number of methoxy groups -OCH3 is 1. The van der Waals surface area contributed by atoms with Crippen molar-refractivity contribution in [2.75, 3.05) is 31.7 Å². The molecular weight excluding hydrogens is 584 g/mol. The molecule has 1 amide bonds. The van der Waals surface area contributed by atoms with Crippen molar-refractivity contribution in [1.82, 2.24) is 4.72 Å². The molecule has 2 aromatic carbocycles. The lowest BCUT2D eigenvalue weighted by atomic mass is 9.68. The van der Waals surface area contributed by atoms with Crippen LogP contribution in [0.25, 0.3) is 0 Å². The summed E-state index contributed by atoms with van der Waals surface area (Å²) in [5.74, 6) is 1.93. The van der Waals surface area contributed by atoms with E-state index in [0.29, 0.717) is 42.3 Å². The molecule has 2 aliphatic heterocycles. The van der Waals surface area contributed by atoms with Crippen molar-refractivity contribution < 1.29 is 22.7 Å².